The fraction of sp³-hybridized carbons (Fsp3) is 0.508. The van der Waals surface area contributed by atoms with Gasteiger partial charge in [0.05, 0.1) is 62.2 Å². The molecule has 13 amide bonds. The standard InChI is InChI=1S/C59H78N14O18S/c1-7-29(4)49-54(85)61-21-44(78)64-40-26-92-57-36(35-10-8-9-11-37(35)67-57)19-38(52(83)60-22-45(79)69-49)65-56(87)50(30(5)41(76)24-74)68-42-18-34(75)23-72(42)58(88)39(66-53(40)84)20-43(77)71-91-25-32-12-14-33(15-13-32)63-51(82)31(6)62-55(86)48(28(2)3)70-59(89)90-27-73-46(80)16-17-47(73)81/h8-17,28-31,34,38-42,48-50,67-68,74-76H,7,18-27H2,1-6H3,(H,60,83)(H,61,85)(H,62,86)(H,63,82)(H,64,78)(H,65,87)(H,66,84)(H,69,79)(H,70,89)(H,71,77)/t29-,30-,31-,34+,38+,39-,40-,41-,42-,48?,49-,50-/m0/s1. The van der Waals surface area contributed by atoms with Crippen molar-refractivity contribution < 1.29 is 87.2 Å². The van der Waals surface area contributed by atoms with Gasteiger partial charge in [0.2, 0.25) is 59.1 Å². The zero-order valence-electron chi connectivity index (χ0n) is 51.3. The van der Waals surface area contributed by atoms with Crippen molar-refractivity contribution in [3.8, 4) is 0 Å². The van der Waals surface area contributed by atoms with E-state index in [2.05, 4.69) is 63.6 Å². The van der Waals surface area contributed by atoms with Gasteiger partial charge in [0.25, 0.3) is 11.8 Å². The SMILES string of the molecule is CC[C@H](C)[C@@H]1NC(=O)CNC(=O)[C@H]2Cc3c([nH]c4ccccc34)SC[C@H](NC(=O)CNC1=O)C(=O)N[C@@H](CC(=O)NOCc1ccc(NC(=O)[C@H](C)NC(=O)C(NC(=O)OCN3C(=O)C=CC3=O)C(C)C)cc1)C(=O)N1C[C@H](O)C[C@H]1N[C@@H]([C@@H](C)[C@@H](O)CO)C(=O)N2. The Morgan fingerprint density at radius 2 is 1.45 bits per heavy atom. The number of aromatic nitrogens is 1. The third kappa shape index (κ3) is 18.6. The van der Waals surface area contributed by atoms with Crippen molar-refractivity contribution >= 4 is 105 Å². The summed E-state index contributed by atoms with van der Waals surface area (Å²) in [5.74, 6) is -12.3. The number of para-hydroxylation sites is 1. The highest BCUT2D eigenvalue weighted by atomic mass is 32.2. The van der Waals surface area contributed by atoms with Crippen LogP contribution < -0.4 is 58.6 Å². The summed E-state index contributed by atoms with van der Waals surface area (Å²) in [6.45, 7) is 5.95. The van der Waals surface area contributed by atoms with Crippen LogP contribution in [0.25, 0.3) is 10.9 Å². The van der Waals surface area contributed by atoms with Crippen LogP contribution in [-0.2, 0) is 80.1 Å². The number of carbonyl (C=O) groups excluding carboxylic acids is 13. The van der Waals surface area contributed by atoms with Crippen LogP contribution in [0.15, 0.2) is 65.7 Å². The number of imide groups is 1. The van der Waals surface area contributed by atoms with E-state index < -0.39 is 195 Å². The molecule has 15 N–H and O–H groups in total. The Morgan fingerprint density at radius 1 is 0.772 bits per heavy atom. The van der Waals surface area contributed by atoms with Crippen LogP contribution in [0.4, 0.5) is 10.5 Å². The zero-order chi connectivity index (χ0) is 67.1. The lowest BCUT2D eigenvalue weighted by atomic mass is 9.94. The van der Waals surface area contributed by atoms with Crippen LogP contribution in [-0.4, -0.2) is 206 Å². The molecule has 4 aliphatic rings. The minimum atomic E-state index is -1.80. The third-order valence-corrected chi connectivity index (χ3v) is 17.0. The summed E-state index contributed by atoms with van der Waals surface area (Å²) < 4.78 is 4.96. The van der Waals surface area contributed by atoms with E-state index in [1.54, 1.807) is 52.0 Å². The Balaban J connectivity index is 1.10. The molecule has 1 fully saturated rings. The number of hydroxylamine groups is 1. The minimum Gasteiger partial charge on any atom is -0.428 e. The van der Waals surface area contributed by atoms with Crippen LogP contribution in [0, 0.1) is 17.8 Å². The first-order chi connectivity index (χ1) is 43.7. The molecule has 1 unspecified atom stereocenters. The smallest absolute Gasteiger partial charge is 0.409 e. The molecule has 7 rings (SSSR count). The molecule has 2 bridgehead atoms. The van der Waals surface area contributed by atoms with Crippen LogP contribution in [0.3, 0.4) is 0 Å². The van der Waals surface area contributed by atoms with Gasteiger partial charge in [0.1, 0.15) is 36.3 Å². The van der Waals surface area contributed by atoms with Gasteiger partial charge in [0, 0.05) is 59.8 Å². The number of aliphatic hydroxyl groups is 3. The number of aliphatic hydroxyl groups excluding tert-OH is 3. The summed E-state index contributed by atoms with van der Waals surface area (Å²) in [5, 5.41) is 59.5. The maximum absolute atomic E-state index is 15.0. The Morgan fingerprint density at radius 3 is 2.12 bits per heavy atom. The number of hydrogen-bond donors (Lipinski definition) is 15. The fourth-order valence-corrected chi connectivity index (χ4v) is 11.4. The number of rotatable bonds is 18. The maximum atomic E-state index is 15.0. The second-order valence-electron chi connectivity index (χ2n) is 23.1. The van der Waals surface area contributed by atoms with Crippen LogP contribution in [0.5, 0.6) is 0 Å². The van der Waals surface area contributed by atoms with Gasteiger partial charge in [-0.2, -0.15) is 0 Å². The number of alkyl carbamates (subject to hydrolysis) is 1. The molecule has 0 radical (unpaired) electrons. The molecule has 0 saturated carbocycles. The van der Waals surface area contributed by atoms with Crippen LogP contribution >= 0.6 is 11.8 Å². The third-order valence-electron chi connectivity index (χ3n) is 15.9. The predicted octanol–water partition coefficient (Wildman–Crippen LogP) is -3.37. The monoisotopic (exact) mass is 1300 g/mol. The summed E-state index contributed by atoms with van der Waals surface area (Å²) in [6, 6.07) is 3.12. The lowest BCUT2D eigenvalue weighted by Gasteiger charge is -2.35. The van der Waals surface area contributed by atoms with Gasteiger partial charge in [-0.05, 0) is 48.1 Å². The van der Waals surface area contributed by atoms with Gasteiger partial charge in [-0.1, -0.05) is 71.4 Å². The number of nitrogens with zero attached hydrogens (tertiary/aromatic N) is 2. The van der Waals surface area contributed by atoms with Gasteiger partial charge < -0.3 is 77.8 Å². The molecule has 4 aliphatic heterocycles. The number of ether oxygens (including phenoxy) is 1. The van der Waals surface area contributed by atoms with Gasteiger partial charge in [-0.15, -0.1) is 11.8 Å². The Bertz CT molecular complexity index is 3290. The first-order valence-corrected chi connectivity index (χ1v) is 30.8. The number of nitrogens with one attached hydrogen (secondary N) is 12. The quantitative estimate of drug-likeness (QED) is 0.0437. The van der Waals surface area contributed by atoms with E-state index in [1.807, 2.05) is 0 Å². The van der Waals surface area contributed by atoms with Crippen LogP contribution in [0.2, 0.25) is 0 Å². The zero-order valence-corrected chi connectivity index (χ0v) is 52.1. The molecular weight excluding hydrogens is 1220 g/mol. The van der Waals surface area contributed by atoms with Crippen molar-refractivity contribution in [3.63, 3.8) is 0 Å². The highest BCUT2D eigenvalue weighted by Crippen LogP contribution is 2.32. The van der Waals surface area contributed by atoms with Crippen molar-refractivity contribution in [2.75, 3.05) is 44.0 Å². The second kappa shape index (κ2) is 32.3. The topological polar surface area (TPSA) is 456 Å². The molecule has 3 aromatic rings. The first-order valence-electron chi connectivity index (χ1n) is 29.8. The number of aromatic amines is 1. The molecule has 0 aliphatic carbocycles. The highest BCUT2D eigenvalue weighted by molar-refractivity contribution is 7.99. The van der Waals surface area contributed by atoms with Crippen molar-refractivity contribution in [2.24, 2.45) is 17.8 Å². The molecule has 33 heteroatoms. The Hall–Kier alpha value is -9.02. The molecule has 1 saturated heterocycles. The van der Waals surface area contributed by atoms with Crippen molar-refractivity contribution in [1.82, 2.24) is 68.1 Å². The number of amides is 13. The number of anilines is 1. The van der Waals surface area contributed by atoms with Crippen LogP contribution in [0.1, 0.15) is 71.9 Å². The van der Waals surface area contributed by atoms with E-state index in [-0.39, 0.29) is 30.9 Å². The molecule has 32 nitrogen and oxygen atoms in total. The maximum Gasteiger partial charge on any atom is 0.409 e. The number of thioether (sulfide) groups is 1. The molecule has 2 aromatic carbocycles. The van der Waals surface area contributed by atoms with E-state index in [4.69, 9.17) is 9.57 Å². The molecule has 5 heterocycles. The second-order valence-corrected chi connectivity index (χ2v) is 24.1. The number of benzene rings is 2. The normalized spacial score (nSPS) is 23.8. The first kappa shape index (κ1) is 70.4. The molecule has 1 aromatic heterocycles. The van der Waals surface area contributed by atoms with E-state index >= 15 is 4.79 Å². The van der Waals surface area contributed by atoms with Gasteiger partial charge in [-0.25, -0.2) is 15.2 Å². The van der Waals surface area contributed by atoms with E-state index in [9.17, 15) is 72.9 Å². The van der Waals surface area contributed by atoms with E-state index in [0.717, 1.165) is 28.8 Å². The average Bonchev–Trinajstić information content (AvgIpc) is 1.65. The summed E-state index contributed by atoms with van der Waals surface area (Å²) in [7, 11) is 0. The summed E-state index contributed by atoms with van der Waals surface area (Å²) >= 11 is 1.01. The predicted molar refractivity (Wildman–Crippen MR) is 326 cm³/mol. The molecular formula is C59H78N14O18S. The molecule has 12 atom stereocenters. The molecule has 0 spiro atoms. The van der Waals surface area contributed by atoms with E-state index in [1.165, 1.54) is 38.1 Å². The number of fused-ring (bicyclic) bond motifs is 5. The Kier molecular flexibility index (Phi) is 24.7. The molecule has 92 heavy (non-hydrogen) atoms. The fourth-order valence-electron chi connectivity index (χ4n) is 10.3. The largest absolute Gasteiger partial charge is 0.428 e. The number of hydrogen-bond acceptors (Lipinski definition) is 20. The number of H-pyrrole nitrogens is 1. The molecule has 498 valence electrons. The highest BCUT2D eigenvalue weighted by Gasteiger charge is 2.44. The Labute approximate surface area is 531 Å². The average molecular weight is 1300 g/mol. The lowest BCUT2D eigenvalue weighted by Crippen LogP contribution is -2.62. The van der Waals surface area contributed by atoms with Gasteiger partial charge in [0.15, 0.2) is 6.73 Å². The summed E-state index contributed by atoms with van der Waals surface area (Å²) in [6.07, 6.45) is -4.11. The van der Waals surface area contributed by atoms with Crippen molar-refractivity contribution in [2.45, 2.75) is 140 Å². The van der Waals surface area contributed by atoms with E-state index in [0.29, 0.717) is 38.4 Å². The minimum absolute atomic E-state index is 0.242. The number of carbonyl (C=O) groups is 13. The van der Waals surface area contributed by atoms with Gasteiger partial charge in [-0.3, -0.25) is 67.7 Å². The summed E-state index contributed by atoms with van der Waals surface area (Å²) in [5.41, 5.74) is 4.00. The van der Waals surface area contributed by atoms with Crippen molar-refractivity contribution in [1.29, 1.82) is 0 Å². The van der Waals surface area contributed by atoms with Crippen molar-refractivity contribution in [3.05, 3.63) is 71.8 Å². The van der Waals surface area contributed by atoms with Gasteiger partial charge >= 0.3 is 6.09 Å². The lowest BCUT2D eigenvalue weighted by molar-refractivity contribution is -0.144. The summed E-state index contributed by atoms with van der Waals surface area (Å²) in [4.78, 5) is 187.